The number of carbonyl (C=O) groups excluding carboxylic acids is 2. The summed E-state index contributed by atoms with van der Waals surface area (Å²) >= 11 is 0. The van der Waals surface area contributed by atoms with E-state index in [-0.39, 0.29) is 24.3 Å². The molecular formula is C16H24N2O5. The number of hydrogen-bond acceptors (Lipinski definition) is 5. The Balaban J connectivity index is 2.19. The Labute approximate surface area is 135 Å². The molecule has 128 valence electrons. The van der Waals surface area contributed by atoms with E-state index in [4.69, 9.17) is 9.26 Å². The summed E-state index contributed by atoms with van der Waals surface area (Å²) in [6.07, 6.45) is 1.42. The zero-order chi connectivity index (χ0) is 17.1. The molecule has 1 aliphatic heterocycles. The van der Waals surface area contributed by atoms with Gasteiger partial charge in [0.15, 0.2) is 0 Å². The van der Waals surface area contributed by atoms with E-state index in [9.17, 15) is 14.4 Å². The SMILES string of the molecule is CCOC(=O)C1CCCN(C(=O)n2oc(=O)c(C(C)C)c2C)C1. The van der Waals surface area contributed by atoms with Crippen molar-refractivity contribution in [3.8, 4) is 0 Å². The molecule has 1 aromatic heterocycles. The van der Waals surface area contributed by atoms with Gasteiger partial charge in [0.2, 0.25) is 0 Å². The fraction of sp³-hybridized carbons (Fsp3) is 0.688. The summed E-state index contributed by atoms with van der Waals surface area (Å²) in [5, 5.41) is 0. The monoisotopic (exact) mass is 324 g/mol. The maximum absolute atomic E-state index is 12.6. The molecule has 23 heavy (non-hydrogen) atoms. The van der Waals surface area contributed by atoms with Gasteiger partial charge < -0.3 is 14.2 Å². The third-order valence-electron chi connectivity index (χ3n) is 4.15. The summed E-state index contributed by atoms with van der Waals surface area (Å²) in [7, 11) is 0. The summed E-state index contributed by atoms with van der Waals surface area (Å²) in [5.41, 5.74) is 0.551. The molecule has 0 N–H and O–H groups in total. The molecule has 1 fully saturated rings. The lowest BCUT2D eigenvalue weighted by atomic mass is 9.98. The largest absolute Gasteiger partial charge is 0.466 e. The highest BCUT2D eigenvalue weighted by atomic mass is 16.5. The number of esters is 1. The standard InChI is InChI=1S/C16H24N2O5/c1-5-22-14(19)12-7-6-8-17(9-12)16(21)18-11(4)13(10(2)3)15(20)23-18/h10,12H,5-9H2,1-4H3. The number of ether oxygens (including phenoxy) is 1. The van der Waals surface area contributed by atoms with E-state index in [0.717, 1.165) is 11.2 Å². The van der Waals surface area contributed by atoms with Gasteiger partial charge in [-0.1, -0.05) is 13.8 Å². The van der Waals surface area contributed by atoms with Gasteiger partial charge >= 0.3 is 17.6 Å². The Morgan fingerprint density at radius 3 is 2.65 bits per heavy atom. The molecule has 1 saturated heterocycles. The van der Waals surface area contributed by atoms with Gasteiger partial charge in [0.25, 0.3) is 0 Å². The number of piperidine rings is 1. The average molecular weight is 324 g/mol. The first-order valence-corrected chi connectivity index (χ1v) is 8.05. The zero-order valence-corrected chi connectivity index (χ0v) is 14.1. The molecule has 0 aromatic carbocycles. The van der Waals surface area contributed by atoms with E-state index in [1.165, 1.54) is 0 Å². The van der Waals surface area contributed by atoms with Crippen LogP contribution in [0.5, 0.6) is 0 Å². The highest BCUT2D eigenvalue weighted by Gasteiger charge is 2.32. The second kappa shape index (κ2) is 7.02. The van der Waals surface area contributed by atoms with Crippen LogP contribution in [-0.4, -0.2) is 41.3 Å². The van der Waals surface area contributed by atoms with Crippen molar-refractivity contribution in [1.29, 1.82) is 0 Å². The Morgan fingerprint density at radius 2 is 2.09 bits per heavy atom. The van der Waals surface area contributed by atoms with Crippen molar-refractivity contribution < 1.29 is 18.8 Å². The number of rotatable bonds is 3. The normalized spacial score (nSPS) is 18.3. The molecule has 7 nitrogen and oxygen atoms in total. The van der Waals surface area contributed by atoms with Crippen LogP contribution in [0, 0.1) is 12.8 Å². The number of aromatic nitrogens is 1. The highest BCUT2D eigenvalue weighted by molar-refractivity contribution is 5.78. The first kappa shape index (κ1) is 17.3. The molecule has 0 spiro atoms. The first-order valence-electron chi connectivity index (χ1n) is 8.05. The predicted molar refractivity (Wildman–Crippen MR) is 83.5 cm³/mol. The lowest BCUT2D eigenvalue weighted by Gasteiger charge is -2.31. The highest BCUT2D eigenvalue weighted by Crippen LogP contribution is 2.21. The van der Waals surface area contributed by atoms with Crippen molar-refractivity contribution in [1.82, 2.24) is 9.64 Å². The summed E-state index contributed by atoms with van der Waals surface area (Å²) in [6, 6.07) is -0.402. The number of nitrogens with zero attached hydrogens (tertiary/aromatic N) is 2. The molecule has 1 aliphatic rings. The van der Waals surface area contributed by atoms with Gasteiger partial charge in [-0.05, 0) is 32.6 Å². The molecular weight excluding hydrogens is 300 g/mol. The van der Waals surface area contributed by atoms with Gasteiger partial charge in [-0.3, -0.25) is 4.79 Å². The third-order valence-corrected chi connectivity index (χ3v) is 4.15. The van der Waals surface area contributed by atoms with Gasteiger partial charge in [0.05, 0.1) is 23.8 Å². The van der Waals surface area contributed by atoms with E-state index in [0.29, 0.717) is 30.8 Å². The second-order valence-electron chi connectivity index (χ2n) is 6.15. The third kappa shape index (κ3) is 3.48. The lowest BCUT2D eigenvalue weighted by Crippen LogP contribution is -2.44. The summed E-state index contributed by atoms with van der Waals surface area (Å²) in [5.74, 6) is -0.618. The second-order valence-corrected chi connectivity index (χ2v) is 6.15. The van der Waals surface area contributed by atoms with Crippen LogP contribution in [-0.2, 0) is 9.53 Å². The summed E-state index contributed by atoms with van der Waals surface area (Å²) in [4.78, 5) is 38.0. The van der Waals surface area contributed by atoms with Crippen molar-refractivity contribution in [2.75, 3.05) is 19.7 Å². The van der Waals surface area contributed by atoms with E-state index in [1.807, 2.05) is 13.8 Å². The van der Waals surface area contributed by atoms with Crippen LogP contribution in [0.1, 0.15) is 50.8 Å². The summed E-state index contributed by atoms with van der Waals surface area (Å²) < 4.78 is 11.2. The maximum atomic E-state index is 12.6. The Bertz CT molecular complexity index is 643. The molecule has 7 heteroatoms. The number of amides is 1. The molecule has 1 aromatic rings. The molecule has 0 saturated carbocycles. The molecule has 0 aliphatic carbocycles. The number of likely N-dealkylation sites (tertiary alicyclic amines) is 1. The Morgan fingerprint density at radius 1 is 1.39 bits per heavy atom. The summed E-state index contributed by atoms with van der Waals surface area (Å²) in [6.45, 7) is 8.37. The topological polar surface area (TPSA) is 81.8 Å². The fourth-order valence-electron chi connectivity index (χ4n) is 3.03. The molecule has 2 heterocycles. The number of hydrogen-bond donors (Lipinski definition) is 0. The van der Waals surface area contributed by atoms with Gasteiger partial charge in [-0.25, -0.2) is 9.59 Å². The fourth-order valence-corrected chi connectivity index (χ4v) is 3.03. The van der Waals surface area contributed by atoms with Crippen molar-refractivity contribution >= 4 is 12.0 Å². The Kier molecular flexibility index (Phi) is 5.28. The van der Waals surface area contributed by atoms with Crippen LogP contribution in [0.2, 0.25) is 0 Å². The molecule has 1 amide bonds. The van der Waals surface area contributed by atoms with E-state index in [1.54, 1.807) is 18.7 Å². The van der Waals surface area contributed by atoms with Gasteiger partial charge in [0.1, 0.15) is 0 Å². The van der Waals surface area contributed by atoms with E-state index in [2.05, 4.69) is 0 Å². The minimum atomic E-state index is -0.482. The zero-order valence-electron chi connectivity index (χ0n) is 14.1. The van der Waals surface area contributed by atoms with Gasteiger partial charge in [-0.2, -0.15) is 0 Å². The molecule has 0 bridgehead atoms. The van der Waals surface area contributed by atoms with Crippen molar-refractivity contribution in [2.24, 2.45) is 5.92 Å². The van der Waals surface area contributed by atoms with Crippen LogP contribution in [0.4, 0.5) is 4.79 Å². The van der Waals surface area contributed by atoms with Crippen molar-refractivity contribution in [2.45, 2.75) is 46.5 Å². The van der Waals surface area contributed by atoms with Crippen LogP contribution in [0.25, 0.3) is 0 Å². The quantitative estimate of drug-likeness (QED) is 0.795. The smallest absolute Gasteiger partial charge is 0.361 e. The van der Waals surface area contributed by atoms with Gasteiger partial charge in [-0.15, -0.1) is 4.74 Å². The van der Waals surface area contributed by atoms with Crippen molar-refractivity contribution in [3.05, 3.63) is 21.7 Å². The molecule has 0 radical (unpaired) electrons. The van der Waals surface area contributed by atoms with Gasteiger partial charge in [0, 0.05) is 13.1 Å². The minimum Gasteiger partial charge on any atom is -0.466 e. The molecule has 1 unspecified atom stereocenters. The lowest BCUT2D eigenvalue weighted by molar-refractivity contribution is -0.149. The van der Waals surface area contributed by atoms with Crippen LogP contribution in [0.15, 0.2) is 9.32 Å². The molecule has 1 atom stereocenters. The first-order chi connectivity index (χ1) is 10.9. The van der Waals surface area contributed by atoms with Crippen LogP contribution < -0.4 is 5.63 Å². The van der Waals surface area contributed by atoms with E-state index >= 15 is 0 Å². The number of carbonyl (C=O) groups is 2. The molecule has 2 rings (SSSR count). The van der Waals surface area contributed by atoms with Crippen LogP contribution >= 0.6 is 0 Å². The van der Waals surface area contributed by atoms with E-state index < -0.39 is 11.7 Å². The predicted octanol–water partition coefficient (Wildman–Crippen LogP) is 2.12. The minimum absolute atomic E-state index is 0.0195. The maximum Gasteiger partial charge on any atom is 0.361 e. The van der Waals surface area contributed by atoms with Crippen LogP contribution in [0.3, 0.4) is 0 Å². The van der Waals surface area contributed by atoms with Crippen molar-refractivity contribution in [3.63, 3.8) is 0 Å². The Hall–Kier alpha value is -2.05. The average Bonchev–Trinajstić information content (AvgIpc) is 2.81.